The van der Waals surface area contributed by atoms with Crippen LogP contribution < -0.4 is 0 Å². The number of hydrogen-bond acceptors (Lipinski definition) is 3. The number of likely N-dealkylation sites (tertiary alicyclic amines) is 1. The zero-order valence-corrected chi connectivity index (χ0v) is 10.9. The quantitative estimate of drug-likeness (QED) is 0.855. The van der Waals surface area contributed by atoms with Gasteiger partial charge < -0.3 is 10.0 Å². The second kappa shape index (κ2) is 5.76. The molecule has 1 N–H and O–H groups in total. The maximum atomic E-state index is 11.8. The predicted molar refractivity (Wildman–Crippen MR) is 69.4 cm³/mol. The molecule has 2 rings (SSSR count). The van der Waals surface area contributed by atoms with Crippen LogP contribution in [0.4, 0.5) is 0 Å². The van der Waals surface area contributed by atoms with Gasteiger partial charge in [-0.05, 0) is 18.6 Å². The fraction of sp³-hybridized carbons (Fsp3) is 0.417. The molecule has 0 unspecified atom stereocenters. The van der Waals surface area contributed by atoms with Gasteiger partial charge in [0, 0.05) is 18.0 Å². The number of halogens is 1. The van der Waals surface area contributed by atoms with Crippen molar-refractivity contribution in [1.29, 1.82) is 0 Å². The Morgan fingerprint density at radius 1 is 1.53 bits per heavy atom. The van der Waals surface area contributed by atoms with E-state index in [4.69, 9.17) is 11.6 Å². The van der Waals surface area contributed by atoms with Crippen molar-refractivity contribution in [2.45, 2.75) is 17.4 Å². The molecule has 1 amide bonds. The second-order valence-electron chi connectivity index (χ2n) is 4.00. The molecule has 92 valence electrons. The van der Waals surface area contributed by atoms with E-state index >= 15 is 0 Å². The smallest absolute Gasteiger partial charge is 0.233 e. The highest BCUT2D eigenvalue weighted by molar-refractivity contribution is 8.00. The number of carbonyl (C=O) groups is 1. The standard InChI is InChI=1S/C12H14ClNO2S/c13-10-3-1-2-4-11(10)17-8-12(16)14-6-5-9(15)7-14/h1-4,9,15H,5-8H2/t9-/m0/s1. The molecular formula is C12H14ClNO2S. The van der Waals surface area contributed by atoms with Gasteiger partial charge in [0.25, 0.3) is 0 Å². The van der Waals surface area contributed by atoms with Crippen molar-refractivity contribution in [2.75, 3.05) is 18.8 Å². The van der Waals surface area contributed by atoms with Crippen LogP contribution in [0.15, 0.2) is 29.2 Å². The summed E-state index contributed by atoms with van der Waals surface area (Å²) in [6.45, 7) is 1.12. The number of β-amino-alcohol motifs (C(OH)–C–C–N with tert-alkyl or cyclic N) is 1. The van der Waals surface area contributed by atoms with E-state index in [1.54, 1.807) is 4.90 Å². The van der Waals surface area contributed by atoms with Gasteiger partial charge in [-0.3, -0.25) is 4.79 Å². The molecule has 17 heavy (non-hydrogen) atoms. The molecule has 1 saturated heterocycles. The molecule has 0 aliphatic carbocycles. The molecule has 0 bridgehead atoms. The molecule has 0 radical (unpaired) electrons. The summed E-state index contributed by atoms with van der Waals surface area (Å²) >= 11 is 7.44. The Balaban J connectivity index is 1.86. The van der Waals surface area contributed by atoms with Crippen LogP contribution in [0, 0.1) is 0 Å². The fourth-order valence-corrected chi connectivity index (χ4v) is 2.90. The fourth-order valence-electron chi connectivity index (χ4n) is 1.76. The highest BCUT2D eigenvalue weighted by Gasteiger charge is 2.24. The van der Waals surface area contributed by atoms with Crippen molar-refractivity contribution in [2.24, 2.45) is 0 Å². The van der Waals surface area contributed by atoms with Crippen molar-refractivity contribution in [3.63, 3.8) is 0 Å². The van der Waals surface area contributed by atoms with Gasteiger partial charge in [0.1, 0.15) is 0 Å². The number of aliphatic hydroxyl groups excluding tert-OH is 1. The Hall–Kier alpha value is -0.710. The van der Waals surface area contributed by atoms with Gasteiger partial charge in [0.15, 0.2) is 0 Å². The van der Waals surface area contributed by atoms with Crippen LogP contribution in [0.5, 0.6) is 0 Å². The van der Waals surface area contributed by atoms with E-state index in [9.17, 15) is 9.90 Å². The summed E-state index contributed by atoms with van der Waals surface area (Å²) in [5.41, 5.74) is 0. The summed E-state index contributed by atoms with van der Waals surface area (Å²) in [4.78, 5) is 14.4. The van der Waals surface area contributed by atoms with Crippen LogP contribution in [-0.4, -0.2) is 40.9 Å². The van der Waals surface area contributed by atoms with E-state index < -0.39 is 0 Å². The lowest BCUT2D eigenvalue weighted by Crippen LogP contribution is -2.30. The number of rotatable bonds is 3. The molecule has 1 aromatic rings. The van der Waals surface area contributed by atoms with E-state index in [1.807, 2.05) is 24.3 Å². The molecule has 1 atom stereocenters. The molecule has 5 heteroatoms. The summed E-state index contributed by atoms with van der Waals surface area (Å²) in [5.74, 6) is 0.433. The Morgan fingerprint density at radius 3 is 2.94 bits per heavy atom. The van der Waals surface area contributed by atoms with Crippen LogP contribution in [0.1, 0.15) is 6.42 Å². The van der Waals surface area contributed by atoms with Crippen LogP contribution in [-0.2, 0) is 4.79 Å². The first kappa shape index (κ1) is 12.7. The minimum absolute atomic E-state index is 0.0615. The lowest BCUT2D eigenvalue weighted by atomic mass is 10.3. The summed E-state index contributed by atoms with van der Waals surface area (Å²) in [5, 5.41) is 10.0. The van der Waals surface area contributed by atoms with Crippen LogP contribution in [0.3, 0.4) is 0 Å². The minimum atomic E-state index is -0.357. The normalized spacial score (nSPS) is 19.6. The lowest BCUT2D eigenvalue weighted by Gasteiger charge is -2.15. The van der Waals surface area contributed by atoms with Gasteiger partial charge >= 0.3 is 0 Å². The van der Waals surface area contributed by atoms with E-state index in [1.165, 1.54) is 11.8 Å². The van der Waals surface area contributed by atoms with E-state index in [0.29, 0.717) is 30.3 Å². The Labute approximate surface area is 110 Å². The van der Waals surface area contributed by atoms with Gasteiger partial charge in [0.2, 0.25) is 5.91 Å². The highest BCUT2D eigenvalue weighted by Crippen LogP contribution is 2.27. The first-order valence-electron chi connectivity index (χ1n) is 5.50. The van der Waals surface area contributed by atoms with Crippen molar-refractivity contribution in [3.8, 4) is 0 Å². The molecule has 3 nitrogen and oxygen atoms in total. The zero-order valence-electron chi connectivity index (χ0n) is 9.30. The number of thioether (sulfide) groups is 1. The molecule has 0 saturated carbocycles. The summed E-state index contributed by atoms with van der Waals surface area (Å²) < 4.78 is 0. The summed E-state index contributed by atoms with van der Waals surface area (Å²) in [7, 11) is 0. The maximum Gasteiger partial charge on any atom is 0.233 e. The maximum absolute atomic E-state index is 11.8. The second-order valence-corrected chi connectivity index (χ2v) is 5.43. The third-order valence-electron chi connectivity index (χ3n) is 2.70. The highest BCUT2D eigenvalue weighted by atomic mass is 35.5. The van der Waals surface area contributed by atoms with Crippen molar-refractivity contribution >= 4 is 29.3 Å². The van der Waals surface area contributed by atoms with Gasteiger partial charge in [-0.2, -0.15) is 0 Å². The summed E-state index contributed by atoms with van der Waals surface area (Å²) in [6.07, 6.45) is 0.326. The topological polar surface area (TPSA) is 40.5 Å². The van der Waals surface area contributed by atoms with Gasteiger partial charge in [-0.25, -0.2) is 0 Å². The third-order valence-corrected chi connectivity index (χ3v) is 4.20. The number of nitrogens with zero attached hydrogens (tertiary/aromatic N) is 1. The van der Waals surface area contributed by atoms with Crippen LogP contribution in [0.25, 0.3) is 0 Å². The van der Waals surface area contributed by atoms with Gasteiger partial charge in [-0.15, -0.1) is 11.8 Å². The van der Waals surface area contributed by atoms with Crippen molar-refractivity contribution in [1.82, 2.24) is 4.90 Å². The molecule has 0 spiro atoms. The van der Waals surface area contributed by atoms with Gasteiger partial charge in [0.05, 0.1) is 16.9 Å². The predicted octanol–water partition coefficient (Wildman–Crippen LogP) is 2.03. The first-order valence-corrected chi connectivity index (χ1v) is 6.86. The van der Waals surface area contributed by atoms with Gasteiger partial charge in [-0.1, -0.05) is 23.7 Å². The molecular weight excluding hydrogens is 258 g/mol. The lowest BCUT2D eigenvalue weighted by molar-refractivity contribution is -0.127. The number of aliphatic hydroxyl groups is 1. The molecule has 1 fully saturated rings. The number of benzene rings is 1. The third kappa shape index (κ3) is 3.37. The average Bonchev–Trinajstić information content (AvgIpc) is 2.74. The van der Waals surface area contributed by atoms with E-state index in [0.717, 1.165) is 4.90 Å². The van der Waals surface area contributed by atoms with E-state index in [-0.39, 0.29) is 12.0 Å². The van der Waals surface area contributed by atoms with E-state index in [2.05, 4.69) is 0 Å². The van der Waals surface area contributed by atoms with Crippen LogP contribution >= 0.6 is 23.4 Å². The monoisotopic (exact) mass is 271 g/mol. The zero-order chi connectivity index (χ0) is 12.3. The number of hydrogen-bond donors (Lipinski definition) is 1. The number of amides is 1. The molecule has 1 aliphatic heterocycles. The molecule has 1 aromatic carbocycles. The Bertz CT molecular complexity index is 413. The Morgan fingerprint density at radius 2 is 2.29 bits per heavy atom. The SMILES string of the molecule is O=C(CSc1ccccc1Cl)N1CC[C@H](O)C1. The van der Waals surface area contributed by atoms with Crippen molar-refractivity contribution < 1.29 is 9.90 Å². The number of carbonyl (C=O) groups excluding carboxylic acids is 1. The Kier molecular flexibility index (Phi) is 4.31. The molecule has 0 aromatic heterocycles. The molecule has 1 heterocycles. The minimum Gasteiger partial charge on any atom is -0.391 e. The first-order chi connectivity index (χ1) is 8.16. The molecule has 1 aliphatic rings. The largest absolute Gasteiger partial charge is 0.391 e. The average molecular weight is 272 g/mol. The summed E-state index contributed by atoms with van der Waals surface area (Å²) in [6, 6.07) is 7.48. The van der Waals surface area contributed by atoms with Crippen molar-refractivity contribution in [3.05, 3.63) is 29.3 Å². The van der Waals surface area contributed by atoms with Crippen LogP contribution in [0.2, 0.25) is 5.02 Å².